The highest BCUT2D eigenvalue weighted by Crippen LogP contribution is 2.40. The van der Waals surface area contributed by atoms with Gasteiger partial charge in [0, 0.05) is 25.3 Å². The molecule has 0 radical (unpaired) electrons. The van der Waals surface area contributed by atoms with E-state index in [9.17, 15) is 4.79 Å². The highest BCUT2D eigenvalue weighted by Gasteiger charge is 2.41. The van der Waals surface area contributed by atoms with Crippen LogP contribution in [0.4, 0.5) is 5.69 Å². The Morgan fingerprint density at radius 1 is 1.42 bits per heavy atom. The number of carbonyl (C=O) groups excluding carboxylic acids is 1. The van der Waals surface area contributed by atoms with Crippen LogP contribution in [0.2, 0.25) is 0 Å². The minimum atomic E-state index is -0.225. The second-order valence-electron chi connectivity index (χ2n) is 5.45. The van der Waals surface area contributed by atoms with E-state index in [0.29, 0.717) is 0 Å². The summed E-state index contributed by atoms with van der Waals surface area (Å²) in [6, 6.07) is 8.25. The Morgan fingerprint density at radius 3 is 3.05 bits per heavy atom. The molecule has 102 valence electrons. The molecule has 0 spiro atoms. The smallest absolute Gasteiger partial charge is 0.242 e. The number of anilines is 1. The maximum atomic E-state index is 12.9. The average molecular weight is 276 g/mol. The number of fused-ring (bicyclic) bond motifs is 1. The molecule has 1 N–H and O–H groups in total. The molecule has 1 saturated heterocycles. The van der Waals surface area contributed by atoms with Gasteiger partial charge < -0.3 is 10.2 Å². The first kappa shape index (κ1) is 13.0. The van der Waals surface area contributed by atoms with Gasteiger partial charge in [0.15, 0.2) is 0 Å². The topological polar surface area (TPSA) is 32.3 Å². The fraction of sp³-hybridized carbons (Fsp3) is 0.533. The van der Waals surface area contributed by atoms with E-state index in [4.69, 9.17) is 0 Å². The van der Waals surface area contributed by atoms with Gasteiger partial charge in [-0.25, -0.2) is 0 Å². The summed E-state index contributed by atoms with van der Waals surface area (Å²) in [5.74, 6) is 1.39. The number of carbonyl (C=O) groups is 1. The normalized spacial score (nSPS) is 26.9. The Balaban J connectivity index is 1.94. The van der Waals surface area contributed by atoms with Crippen LogP contribution in [-0.2, 0) is 11.3 Å². The third-order valence-corrected chi connectivity index (χ3v) is 5.54. The van der Waals surface area contributed by atoms with Gasteiger partial charge >= 0.3 is 0 Å². The molecule has 1 aromatic carbocycles. The Kier molecular flexibility index (Phi) is 3.54. The Morgan fingerprint density at radius 2 is 2.26 bits per heavy atom. The molecule has 0 aromatic heterocycles. The number of rotatable bonds is 1. The van der Waals surface area contributed by atoms with Crippen LogP contribution in [-0.4, -0.2) is 29.5 Å². The summed E-state index contributed by atoms with van der Waals surface area (Å²) in [4.78, 5) is 14.9. The van der Waals surface area contributed by atoms with Crippen LogP contribution >= 0.6 is 11.8 Å². The lowest BCUT2D eigenvalue weighted by Crippen LogP contribution is -2.45. The van der Waals surface area contributed by atoms with Crippen molar-refractivity contribution >= 4 is 23.4 Å². The van der Waals surface area contributed by atoms with Crippen LogP contribution in [0.25, 0.3) is 0 Å². The molecule has 1 aromatic rings. The number of benzene rings is 1. The van der Waals surface area contributed by atoms with Crippen molar-refractivity contribution in [2.24, 2.45) is 0 Å². The predicted molar refractivity (Wildman–Crippen MR) is 80.6 cm³/mol. The molecule has 2 aliphatic rings. The van der Waals surface area contributed by atoms with E-state index in [-0.39, 0.29) is 10.7 Å². The summed E-state index contributed by atoms with van der Waals surface area (Å²) in [5.41, 5.74) is 2.31. The van der Waals surface area contributed by atoms with Crippen molar-refractivity contribution in [3.05, 3.63) is 29.8 Å². The van der Waals surface area contributed by atoms with Crippen LogP contribution in [0.3, 0.4) is 0 Å². The van der Waals surface area contributed by atoms with Gasteiger partial charge in [0.05, 0.1) is 4.75 Å². The van der Waals surface area contributed by atoms with Gasteiger partial charge in [0.2, 0.25) is 5.91 Å². The van der Waals surface area contributed by atoms with E-state index in [1.807, 2.05) is 28.8 Å². The van der Waals surface area contributed by atoms with E-state index < -0.39 is 0 Å². The third-order valence-electron chi connectivity index (χ3n) is 4.03. The van der Waals surface area contributed by atoms with Gasteiger partial charge in [-0.1, -0.05) is 18.2 Å². The quantitative estimate of drug-likeness (QED) is 0.855. The van der Waals surface area contributed by atoms with Crippen LogP contribution in [0.1, 0.15) is 25.3 Å². The van der Waals surface area contributed by atoms with Gasteiger partial charge in [-0.2, -0.15) is 0 Å². The monoisotopic (exact) mass is 276 g/mol. The lowest BCUT2D eigenvalue weighted by atomic mass is 10.0. The zero-order valence-corrected chi connectivity index (χ0v) is 12.1. The molecule has 0 bridgehead atoms. The van der Waals surface area contributed by atoms with E-state index >= 15 is 0 Å². The molecule has 19 heavy (non-hydrogen) atoms. The van der Waals surface area contributed by atoms with E-state index in [0.717, 1.165) is 43.9 Å². The molecule has 3 nitrogen and oxygen atoms in total. The van der Waals surface area contributed by atoms with Gasteiger partial charge in [-0.3, -0.25) is 4.79 Å². The minimum absolute atomic E-state index is 0.225. The van der Waals surface area contributed by atoms with Gasteiger partial charge in [0.25, 0.3) is 0 Å². The third kappa shape index (κ3) is 2.39. The lowest BCUT2D eigenvalue weighted by Gasteiger charge is -2.31. The highest BCUT2D eigenvalue weighted by molar-refractivity contribution is 8.01. The fourth-order valence-electron chi connectivity index (χ4n) is 2.90. The predicted octanol–water partition coefficient (Wildman–Crippen LogP) is 2.41. The number of thioether (sulfide) groups is 1. The molecule has 1 atom stereocenters. The molecule has 0 saturated carbocycles. The van der Waals surface area contributed by atoms with Crippen molar-refractivity contribution in [2.75, 3.05) is 23.7 Å². The van der Waals surface area contributed by atoms with Gasteiger partial charge in [-0.05, 0) is 37.1 Å². The zero-order valence-electron chi connectivity index (χ0n) is 11.3. The van der Waals surface area contributed by atoms with Crippen molar-refractivity contribution in [2.45, 2.75) is 31.1 Å². The molecule has 0 aliphatic carbocycles. The van der Waals surface area contributed by atoms with Crippen LogP contribution in [0, 0.1) is 0 Å². The average Bonchev–Trinajstić information content (AvgIpc) is 2.76. The summed E-state index contributed by atoms with van der Waals surface area (Å²) in [7, 11) is 0. The maximum Gasteiger partial charge on any atom is 0.242 e. The Labute approximate surface area is 118 Å². The number of nitrogens with zero attached hydrogens (tertiary/aromatic N) is 1. The Hall–Kier alpha value is -1.00. The van der Waals surface area contributed by atoms with E-state index in [2.05, 4.69) is 24.4 Å². The fourth-order valence-corrected chi connectivity index (χ4v) is 4.16. The van der Waals surface area contributed by atoms with E-state index in [1.165, 1.54) is 5.56 Å². The summed E-state index contributed by atoms with van der Waals surface area (Å²) in [6.07, 6.45) is 2.16. The number of para-hydroxylation sites is 1. The minimum Gasteiger partial charge on any atom is -0.311 e. The second-order valence-corrected chi connectivity index (χ2v) is 7.04. The first-order valence-corrected chi connectivity index (χ1v) is 7.94. The van der Waals surface area contributed by atoms with Crippen LogP contribution in [0.15, 0.2) is 24.3 Å². The van der Waals surface area contributed by atoms with Crippen molar-refractivity contribution in [1.82, 2.24) is 5.32 Å². The molecule has 1 fully saturated rings. The first-order chi connectivity index (χ1) is 9.21. The molecule has 2 aliphatic heterocycles. The van der Waals surface area contributed by atoms with Crippen LogP contribution in [0.5, 0.6) is 0 Å². The summed E-state index contributed by atoms with van der Waals surface area (Å²) in [6.45, 7) is 4.59. The van der Waals surface area contributed by atoms with Crippen LogP contribution < -0.4 is 10.2 Å². The summed E-state index contributed by atoms with van der Waals surface area (Å²) >= 11 is 1.82. The molecular weight excluding hydrogens is 256 g/mol. The molecular formula is C15H20N2OS. The molecule has 2 heterocycles. The molecule has 1 amide bonds. The van der Waals surface area contributed by atoms with Crippen molar-refractivity contribution in [1.29, 1.82) is 0 Å². The van der Waals surface area contributed by atoms with Crippen molar-refractivity contribution in [3.8, 4) is 0 Å². The first-order valence-electron chi connectivity index (χ1n) is 6.95. The largest absolute Gasteiger partial charge is 0.311 e. The highest BCUT2D eigenvalue weighted by atomic mass is 32.2. The number of nitrogens with one attached hydrogen (secondary N) is 1. The SMILES string of the molecule is CC1(C(=O)N2CCNCc3ccccc32)CCCS1. The maximum absolute atomic E-state index is 12.9. The van der Waals surface area contributed by atoms with Crippen molar-refractivity contribution < 1.29 is 4.79 Å². The molecule has 1 unspecified atom stereocenters. The van der Waals surface area contributed by atoms with Gasteiger partial charge in [0.1, 0.15) is 0 Å². The summed E-state index contributed by atoms with van der Waals surface area (Å²) < 4.78 is -0.225. The van der Waals surface area contributed by atoms with E-state index in [1.54, 1.807) is 0 Å². The van der Waals surface area contributed by atoms with Gasteiger partial charge in [-0.15, -0.1) is 11.8 Å². The van der Waals surface area contributed by atoms with Crippen molar-refractivity contribution in [3.63, 3.8) is 0 Å². The number of hydrogen-bond acceptors (Lipinski definition) is 3. The number of amides is 1. The molecule has 3 rings (SSSR count). The Bertz CT molecular complexity index is 483. The zero-order chi connectivity index (χ0) is 13.3. The molecule has 4 heteroatoms. The number of hydrogen-bond donors (Lipinski definition) is 1. The standard InChI is InChI=1S/C15H20N2OS/c1-15(7-4-10-19-15)14(18)17-9-8-16-11-12-5-2-3-6-13(12)17/h2-3,5-6,16H,4,7-11H2,1H3. The second kappa shape index (κ2) is 5.17. The summed E-state index contributed by atoms with van der Waals surface area (Å²) in [5, 5.41) is 3.39. The lowest BCUT2D eigenvalue weighted by molar-refractivity contribution is -0.120.